The summed E-state index contributed by atoms with van der Waals surface area (Å²) in [4.78, 5) is 11.8. The van der Waals surface area contributed by atoms with Crippen molar-refractivity contribution in [3.05, 3.63) is 12.2 Å². The van der Waals surface area contributed by atoms with Crippen molar-refractivity contribution in [3.8, 4) is 6.07 Å². The van der Waals surface area contributed by atoms with Gasteiger partial charge in [0.05, 0.1) is 12.9 Å². The highest BCUT2D eigenvalue weighted by molar-refractivity contribution is 5.81. The molecule has 3 rings (SSSR count). The molecule has 0 spiro atoms. The zero-order chi connectivity index (χ0) is 15.1. The Kier molecular flexibility index (Phi) is 3.19. The molecule has 4 unspecified atom stereocenters. The van der Waals surface area contributed by atoms with E-state index < -0.39 is 31.1 Å². The molecule has 0 bridgehead atoms. The number of imidazole rings is 1. The third-order valence-corrected chi connectivity index (χ3v) is 3.34. The summed E-state index contributed by atoms with van der Waals surface area (Å²) < 4.78 is 6.73. The van der Waals surface area contributed by atoms with Crippen LogP contribution in [0, 0.1) is 11.3 Å². The predicted molar refractivity (Wildman–Crippen MR) is 67.5 cm³/mol. The number of aliphatic hydroxyl groups excluding tert-OH is 3. The van der Waals surface area contributed by atoms with Crippen LogP contribution in [0.1, 0.15) is 12.1 Å². The zero-order valence-corrected chi connectivity index (χ0v) is 10.7. The number of rotatable bonds is 2. The highest BCUT2D eigenvalue weighted by atomic mass is 16.6. The molecule has 1 aliphatic rings. The number of fused-ring (bicyclic) bond motifs is 1. The molecule has 0 aromatic carbocycles. The lowest BCUT2D eigenvalue weighted by molar-refractivity contribution is -0.0511. The Morgan fingerprint density at radius 3 is 2.76 bits per heavy atom. The van der Waals surface area contributed by atoms with Crippen molar-refractivity contribution in [2.45, 2.75) is 24.5 Å². The second-order valence-corrected chi connectivity index (χ2v) is 4.60. The molecule has 21 heavy (non-hydrogen) atoms. The van der Waals surface area contributed by atoms with Gasteiger partial charge in [-0.05, 0) is 0 Å². The number of nitrogens with two attached hydrogens (primary N) is 1. The van der Waals surface area contributed by atoms with E-state index in [1.54, 1.807) is 6.07 Å². The molecule has 10 nitrogen and oxygen atoms in total. The minimum atomic E-state index is -1.28. The topological polar surface area (TPSA) is 163 Å². The summed E-state index contributed by atoms with van der Waals surface area (Å²) in [6.45, 7) is -0.443. The molecule has 0 saturated carbocycles. The number of aliphatic hydroxyl groups is 3. The van der Waals surface area contributed by atoms with Gasteiger partial charge in [0.2, 0.25) is 5.82 Å². The summed E-state index contributed by atoms with van der Waals surface area (Å²) in [6, 6.07) is 1.77. The first kappa shape index (κ1) is 13.7. The van der Waals surface area contributed by atoms with Crippen LogP contribution in [0.25, 0.3) is 11.2 Å². The average Bonchev–Trinajstić information content (AvgIpc) is 3.02. The van der Waals surface area contributed by atoms with Gasteiger partial charge in [0.15, 0.2) is 17.7 Å². The monoisotopic (exact) mass is 292 g/mol. The van der Waals surface area contributed by atoms with Crippen molar-refractivity contribution >= 4 is 17.0 Å². The van der Waals surface area contributed by atoms with Gasteiger partial charge in [0.1, 0.15) is 29.9 Å². The van der Waals surface area contributed by atoms with Gasteiger partial charge in [-0.1, -0.05) is 0 Å². The molecule has 1 saturated heterocycles. The number of aromatic nitrogens is 4. The summed E-state index contributed by atoms with van der Waals surface area (Å²) in [7, 11) is 0. The quantitative estimate of drug-likeness (QED) is 0.485. The number of hydrogen-bond donors (Lipinski definition) is 4. The molecule has 0 radical (unpaired) electrons. The maximum absolute atomic E-state index is 10.0. The maximum atomic E-state index is 10.0. The number of nitriles is 1. The van der Waals surface area contributed by atoms with Gasteiger partial charge in [0, 0.05) is 0 Å². The van der Waals surface area contributed by atoms with Crippen molar-refractivity contribution in [2.75, 3.05) is 12.3 Å². The zero-order valence-electron chi connectivity index (χ0n) is 10.7. The lowest BCUT2D eigenvalue weighted by Gasteiger charge is -2.16. The van der Waals surface area contributed by atoms with Crippen LogP contribution in [0.3, 0.4) is 0 Å². The molecule has 0 amide bonds. The lowest BCUT2D eigenvalue weighted by Crippen LogP contribution is -2.33. The summed E-state index contributed by atoms with van der Waals surface area (Å²) in [5, 5.41) is 37.8. The smallest absolute Gasteiger partial charge is 0.236 e. The molecular weight excluding hydrogens is 280 g/mol. The molecule has 0 aliphatic carbocycles. The van der Waals surface area contributed by atoms with Gasteiger partial charge >= 0.3 is 0 Å². The van der Waals surface area contributed by atoms with Crippen LogP contribution in [-0.4, -0.2) is 59.8 Å². The van der Waals surface area contributed by atoms with Gasteiger partial charge in [-0.2, -0.15) is 15.2 Å². The Hall–Kier alpha value is -2.32. The van der Waals surface area contributed by atoms with Crippen molar-refractivity contribution in [1.82, 2.24) is 19.5 Å². The number of anilines is 1. The van der Waals surface area contributed by atoms with Gasteiger partial charge in [-0.15, -0.1) is 0 Å². The molecule has 10 heteroatoms. The third kappa shape index (κ3) is 1.99. The van der Waals surface area contributed by atoms with Gasteiger partial charge < -0.3 is 25.8 Å². The van der Waals surface area contributed by atoms with E-state index >= 15 is 0 Å². The minimum Gasteiger partial charge on any atom is -0.394 e. The van der Waals surface area contributed by atoms with Crippen LogP contribution in [-0.2, 0) is 4.74 Å². The second kappa shape index (κ2) is 4.90. The molecule has 3 heterocycles. The fourth-order valence-corrected chi connectivity index (χ4v) is 2.28. The summed E-state index contributed by atoms with van der Waals surface area (Å²) in [6.07, 6.45) is -3.12. The van der Waals surface area contributed by atoms with Crippen LogP contribution >= 0.6 is 0 Å². The fraction of sp³-hybridized carbons (Fsp3) is 0.455. The maximum Gasteiger partial charge on any atom is 0.236 e. The Bertz CT molecular complexity index is 725. The van der Waals surface area contributed by atoms with E-state index in [0.29, 0.717) is 0 Å². The normalized spacial score (nSPS) is 28.9. The van der Waals surface area contributed by atoms with E-state index in [1.165, 1.54) is 10.9 Å². The van der Waals surface area contributed by atoms with Crippen LogP contribution in [0.4, 0.5) is 5.82 Å². The summed E-state index contributed by atoms with van der Waals surface area (Å²) >= 11 is 0. The van der Waals surface area contributed by atoms with Crippen molar-refractivity contribution < 1.29 is 20.1 Å². The lowest BCUT2D eigenvalue weighted by atomic mass is 10.1. The van der Waals surface area contributed by atoms with E-state index in [4.69, 9.17) is 20.8 Å². The predicted octanol–water partition coefficient (Wildman–Crippen LogP) is -2.11. The highest BCUT2D eigenvalue weighted by Gasteiger charge is 2.44. The summed E-state index contributed by atoms with van der Waals surface area (Å²) in [5.41, 5.74) is 6.15. The van der Waals surface area contributed by atoms with Crippen molar-refractivity contribution in [1.29, 1.82) is 5.26 Å². The molecule has 5 N–H and O–H groups in total. The Labute approximate surface area is 118 Å². The van der Waals surface area contributed by atoms with Crippen molar-refractivity contribution in [2.24, 2.45) is 0 Å². The first-order valence-corrected chi connectivity index (χ1v) is 6.09. The second-order valence-electron chi connectivity index (χ2n) is 4.60. The molecule has 1 fully saturated rings. The Morgan fingerprint density at radius 2 is 2.14 bits per heavy atom. The van der Waals surface area contributed by atoms with Gasteiger partial charge in [-0.3, -0.25) is 4.57 Å². The van der Waals surface area contributed by atoms with Gasteiger partial charge in [-0.25, -0.2) is 4.98 Å². The number of nitrogen functional groups attached to an aromatic ring is 1. The SMILES string of the molecule is N#Cc1nc(N)c2ncn(C3OC(CO)C(O)C3O)c2n1. The van der Waals surface area contributed by atoms with E-state index in [1.807, 2.05) is 0 Å². The van der Waals surface area contributed by atoms with Crippen LogP contribution in [0.2, 0.25) is 0 Å². The van der Waals surface area contributed by atoms with E-state index in [-0.39, 0.29) is 22.8 Å². The molecular formula is C11H12N6O4. The Morgan fingerprint density at radius 1 is 1.38 bits per heavy atom. The number of hydrogen-bond acceptors (Lipinski definition) is 9. The van der Waals surface area contributed by atoms with Crippen LogP contribution in [0.15, 0.2) is 6.33 Å². The fourth-order valence-electron chi connectivity index (χ4n) is 2.28. The third-order valence-electron chi connectivity index (χ3n) is 3.34. The largest absolute Gasteiger partial charge is 0.394 e. The first-order valence-electron chi connectivity index (χ1n) is 6.09. The van der Waals surface area contributed by atoms with Crippen LogP contribution < -0.4 is 5.73 Å². The number of ether oxygens (including phenoxy) is 1. The first-order chi connectivity index (χ1) is 10.1. The average molecular weight is 292 g/mol. The van der Waals surface area contributed by atoms with E-state index in [9.17, 15) is 10.2 Å². The molecule has 2 aromatic rings. The minimum absolute atomic E-state index is 0.0297. The molecule has 1 aliphatic heterocycles. The number of nitrogens with zero attached hydrogens (tertiary/aromatic N) is 5. The highest BCUT2D eigenvalue weighted by Crippen LogP contribution is 2.31. The standard InChI is InChI=1S/C11H12N6O4/c12-1-5-15-9(13)6-10(16-5)17(3-14-6)11-8(20)7(19)4(2-18)21-11/h3-4,7-8,11,18-20H,2H2,(H2,13,15,16). The molecule has 4 atom stereocenters. The molecule has 2 aromatic heterocycles. The van der Waals surface area contributed by atoms with Gasteiger partial charge in [0.25, 0.3) is 0 Å². The van der Waals surface area contributed by atoms with E-state index in [0.717, 1.165) is 0 Å². The summed E-state index contributed by atoms with van der Waals surface area (Å²) in [5.74, 6) is -0.115. The van der Waals surface area contributed by atoms with Crippen LogP contribution in [0.5, 0.6) is 0 Å². The van der Waals surface area contributed by atoms with E-state index in [2.05, 4.69) is 15.0 Å². The van der Waals surface area contributed by atoms with Crippen molar-refractivity contribution in [3.63, 3.8) is 0 Å². The molecule has 110 valence electrons. The Balaban J connectivity index is 2.10.